The molecular formula is C6H10N2O. The molecule has 0 aliphatic heterocycles. The highest BCUT2D eigenvalue weighted by molar-refractivity contribution is 5.02. The van der Waals surface area contributed by atoms with Gasteiger partial charge in [-0.2, -0.15) is 0 Å². The van der Waals surface area contributed by atoms with Crippen LogP contribution in [0.1, 0.15) is 11.5 Å². The molecule has 1 aromatic rings. The van der Waals surface area contributed by atoms with Crippen LogP contribution in [-0.2, 0) is 6.54 Å². The third-order valence-electron chi connectivity index (χ3n) is 1.03. The van der Waals surface area contributed by atoms with Crippen molar-refractivity contribution < 1.29 is 4.52 Å². The van der Waals surface area contributed by atoms with Crippen molar-refractivity contribution in [2.75, 3.05) is 7.05 Å². The molecule has 0 unspecified atom stereocenters. The minimum absolute atomic E-state index is 0.775. The number of nitrogens with zero attached hydrogens (tertiary/aromatic N) is 1. The van der Waals surface area contributed by atoms with Gasteiger partial charge in [-0.15, -0.1) is 0 Å². The number of rotatable bonds is 2. The Labute approximate surface area is 54.0 Å². The van der Waals surface area contributed by atoms with Crippen molar-refractivity contribution in [2.45, 2.75) is 13.5 Å². The molecule has 1 heterocycles. The first-order valence-corrected chi connectivity index (χ1v) is 2.89. The fourth-order valence-electron chi connectivity index (χ4n) is 0.682. The van der Waals surface area contributed by atoms with Gasteiger partial charge in [-0.3, -0.25) is 0 Å². The van der Waals surface area contributed by atoms with Gasteiger partial charge in [-0.25, -0.2) is 0 Å². The van der Waals surface area contributed by atoms with Gasteiger partial charge in [-0.05, 0) is 14.0 Å². The van der Waals surface area contributed by atoms with Crippen molar-refractivity contribution in [3.05, 3.63) is 17.5 Å². The van der Waals surface area contributed by atoms with Gasteiger partial charge in [0.05, 0.1) is 5.69 Å². The van der Waals surface area contributed by atoms with E-state index in [9.17, 15) is 0 Å². The van der Waals surface area contributed by atoms with Gasteiger partial charge in [-0.1, -0.05) is 5.16 Å². The average molecular weight is 126 g/mol. The predicted octanol–water partition coefficient (Wildman–Crippen LogP) is 0.702. The summed E-state index contributed by atoms with van der Waals surface area (Å²) in [6.45, 7) is 2.66. The van der Waals surface area contributed by atoms with Crippen molar-refractivity contribution >= 4 is 0 Å². The summed E-state index contributed by atoms with van der Waals surface area (Å²) in [6, 6.07) is 1.91. The van der Waals surface area contributed by atoms with E-state index < -0.39 is 0 Å². The molecule has 0 fully saturated rings. The topological polar surface area (TPSA) is 38.1 Å². The molecule has 0 saturated heterocycles. The summed E-state index contributed by atoms with van der Waals surface area (Å²) in [4.78, 5) is 0. The maximum absolute atomic E-state index is 4.83. The van der Waals surface area contributed by atoms with Crippen LogP contribution in [0.2, 0.25) is 0 Å². The molecule has 3 heteroatoms. The molecule has 50 valence electrons. The highest BCUT2D eigenvalue weighted by Gasteiger charge is 1.95. The van der Waals surface area contributed by atoms with E-state index in [0.717, 1.165) is 18.0 Å². The summed E-state index contributed by atoms with van der Waals surface area (Å²) in [5, 5.41) is 6.74. The second-order valence-electron chi connectivity index (χ2n) is 1.96. The highest BCUT2D eigenvalue weighted by atomic mass is 16.5. The third-order valence-corrected chi connectivity index (χ3v) is 1.03. The van der Waals surface area contributed by atoms with Crippen LogP contribution in [0.3, 0.4) is 0 Å². The van der Waals surface area contributed by atoms with E-state index in [4.69, 9.17) is 4.52 Å². The summed E-state index contributed by atoms with van der Waals surface area (Å²) < 4.78 is 4.83. The first-order chi connectivity index (χ1) is 4.33. The van der Waals surface area contributed by atoms with Gasteiger partial charge in [0, 0.05) is 12.6 Å². The second kappa shape index (κ2) is 2.64. The van der Waals surface area contributed by atoms with E-state index in [0.29, 0.717) is 0 Å². The fraction of sp³-hybridized carbons (Fsp3) is 0.500. The maximum atomic E-state index is 4.83. The summed E-state index contributed by atoms with van der Waals surface area (Å²) >= 11 is 0. The zero-order valence-electron chi connectivity index (χ0n) is 5.64. The van der Waals surface area contributed by atoms with E-state index in [2.05, 4.69) is 10.5 Å². The van der Waals surface area contributed by atoms with E-state index in [1.54, 1.807) is 0 Å². The van der Waals surface area contributed by atoms with Crippen molar-refractivity contribution in [3.63, 3.8) is 0 Å². The van der Waals surface area contributed by atoms with Crippen LogP contribution in [0.15, 0.2) is 10.6 Å². The van der Waals surface area contributed by atoms with Gasteiger partial charge < -0.3 is 9.84 Å². The lowest BCUT2D eigenvalue weighted by molar-refractivity contribution is 0.389. The Kier molecular flexibility index (Phi) is 1.85. The Morgan fingerprint density at radius 2 is 2.56 bits per heavy atom. The Morgan fingerprint density at radius 3 is 3.00 bits per heavy atom. The first-order valence-electron chi connectivity index (χ1n) is 2.89. The minimum Gasteiger partial charge on any atom is -0.361 e. The van der Waals surface area contributed by atoms with Gasteiger partial charge in [0.15, 0.2) is 0 Å². The quantitative estimate of drug-likeness (QED) is 0.634. The number of hydrogen-bond acceptors (Lipinski definition) is 3. The monoisotopic (exact) mass is 126 g/mol. The van der Waals surface area contributed by atoms with Crippen molar-refractivity contribution in [3.8, 4) is 0 Å². The highest BCUT2D eigenvalue weighted by Crippen LogP contribution is 1.99. The van der Waals surface area contributed by atoms with E-state index in [1.807, 2.05) is 20.0 Å². The van der Waals surface area contributed by atoms with Gasteiger partial charge in [0.2, 0.25) is 0 Å². The third kappa shape index (κ3) is 1.54. The summed E-state index contributed by atoms with van der Waals surface area (Å²) in [5.74, 6) is 0.861. The molecule has 1 N–H and O–H groups in total. The predicted molar refractivity (Wildman–Crippen MR) is 34.0 cm³/mol. The lowest BCUT2D eigenvalue weighted by atomic mass is 10.4. The van der Waals surface area contributed by atoms with Crippen LogP contribution in [0.25, 0.3) is 0 Å². The molecule has 0 aliphatic rings. The van der Waals surface area contributed by atoms with Crippen molar-refractivity contribution in [1.29, 1.82) is 0 Å². The molecule has 0 saturated carbocycles. The summed E-state index contributed by atoms with van der Waals surface area (Å²) in [7, 11) is 1.88. The van der Waals surface area contributed by atoms with E-state index >= 15 is 0 Å². The zero-order chi connectivity index (χ0) is 6.69. The van der Waals surface area contributed by atoms with Crippen LogP contribution in [0.4, 0.5) is 0 Å². The zero-order valence-corrected chi connectivity index (χ0v) is 5.64. The molecule has 0 bridgehead atoms. The van der Waals surface area contributed by atoms with Gasteiger partial charge >= 0.3 is 0 Å². The summed E-state index contributed by atoms with van der Waals surface area (Å²) in [6.07, 6.45) is 0. The minimum atomic E-state index is 0.775. The van der Waals surface area contributed by atoms with Gasteiger partial charge in [0.1, 0.15) is 5.76 Å². The molecular weight excluding hydrogens is 116 g/mol. The molecule has 0 atom stereocenters. The largest absolute Gasteiger partial charge is 0.361 e. The van der Waals surface area contributed by atoms with Crippen molar-refractivity contribution in [2.24, 2.45) is 0 Å². The molecule has 1 rings (SSSR count). The van der Waals surface area contributed by atoms with Crippen LogP contribution in [0, 0.1) is 6.92 Å². The van der Waals surface area contributed by atoms with Gasteiger partial charge in [0.25, 0.3) is 0 Å². The smallest absolute Gasteiger partial charge is 0.133 e. The molecule has 0 amide bonds. The molecule has 0 spiro atoms. The van der Waals surface area contributed by atoms with Crippen LogP contribution >= 0.6 is 0 Å². The standard InChI is InChI=1S/C6H10N2O/c1-5-3-6(4-7-2)8-9-5/h3,7H,4H2,1-2H3. The summed E-state index contributed by atoms with van der Waals surface area (Å²) in [5.41, 5.74) is 0.954. The molecule has 0 aromatic carbocycles. The van der Waals surface area contributed by atoms with E-state index in [1.165, 1.54) is 0 Å². The molecule has 0 aliphatic carbocycles. The maximum Gasteiger partial charge on any atom is 0.133 e. The van der Waals surface area contributed by atoms with Crippen LogP contribution in [0.5, 0.6) is 0 Å². The normalized spacial score (nSPS) is 10.0. The first kappa shape index (κ1) is 6.29. The Bertz CT molecular complexity index is 183. The fourth-order valence-corrected chi connectivity index (χ4v) is 0.682. The lowest BCUT2D eigenvalue weighted by Gasteiger charge is -1.86. The lowest BCUT2D eigenvalue weighted by Crippen LogP contribution is -2.04. The SMILES string of the molecule is CNCc1cc(C)on1. The molecule has 1 aromatic heterocycles. The average Bonchev–Trinajstić information content (AvgIpc) is 2.17. The molecule has 3 nitrogen and oxygen atoms in total. The van der Waals surface area contributed by atoms with E-state index in [-0.39, 0.29) is 0 Å². The van der Waals surface area contributed by atoms with Crippen molar-refractivity contribution in [1.82, 2.24) is 10.5 Å². The molecule has 0 radical (unpaired) electrons. The number of nitrogens with one attached hydrogen (secondary N) is 1. The Morgan fingerprint density at radius 1 is 1.78 bits per heavy atom. The Hall–Kier alpha value is -0.830. The molecule has 9 heavy (non-hydrogen) atoms. The Balaban J connectivity index is 2.61. The second-order valence-corrected chi connectivity index (χ2v) is 1.96. The number of aryl methyl sites for hydroxylation is 1. The van der Waals surface area contributed by atoms with Crippen LogP contribution < -0.4 is 5.32 Å². The number of aromatic nitrogens is 1. The van der Waals surface area contributed by atoms with Crippen LogP contribution in [-0.4, -0.2) is 12.2 Å². The number of hydrogen-bond donors (Lipinski definition) is 1.